The highest BCUT2D eigenvalue weighted by molar-refractivity contribution is 5.75. The highest BCUT2D eigenvalue weighted by atomic mass is 16.1. The first kappa shape index (κ1) is 17.5. The Labute approximate surface area is 125 Å². The van der Waals surface area contributed by atoms with Crippen molar-refractivity contribution in [3.63, 3.8) is 0 Å². The monoisotopic (exact) mass is 282 g/mol. The number of nitrogens with one attached hydrogen (secondary N) is 1. The maximum absolute atomic E-state index is 11.9. The fourth-order valence-electron chi connectivity index (χ4n) is 3.31. The van der Waals surface area contributed by atoms with E-state index in [1.165, 1.54) is 32.1 Å². The van der Waals surface area contributed by atoms with Gasteiger partial charge in [0, 0.05) is 13.0 Å². The van der Waals surface area contributed by atoms with Crippen LogP contribution in [0.4, 0.5) is 0 Å². The Morgan fingerprint density at radius 1 is 1.15 bits per heavy atom. The quantitative estimate of drug-likeness (QED) is 0.680. The van der Waals surface area contributed by atoms with Gasteiger partial charge in [-0.05, 0) is 50.0 Å². The average molecular weight is 282 g/mol. The predicted octanol–water partition coefficient (Wildman–Crippen LogP) is 3.47. The van der Waals surface area contributed by atoms with E-state index in [4.69, 9.17) is 5.73 Å². The van der Waals surface area contributed by atoms with Crippen molar-refractivity contribution in [2.24, 2.45) is 23.5 Å². The first-order valence-electron chi connectivity index (χ1n) is 8.66. The van der Waals surface area contributed by atoms with Crippen molar-refractivity contribution < 1.29 is 4.79 Å². The average Bonchev–Trinajstić information content (AvgIpc) is 2.49. The zero-order chi connectivity index (χ0) is 14.8. The number of nitrogens with two attached hydrogens (primary N) is 1. The third-order valence-corrected chi connectivity index (χ3v) is 5.06. The standard InChI is InChI=1S/C17H34N2O/c1-3-14-5-7-16(8-6-14)13-19-17(20)10-9-15(4-2)11-12-18/h14-16H,3-13,18H2,1-2H3,(H,19,20). The van der Waals surface area contributed by atoms with Crippen LogP contribution < -0.4 is 11.1 Å². The van der Waals surface area contributed by atoms with Gasteiger partial charge >= 0.3 is 0 Å². The third-order valence-electron chi connectivity index (χ3n) is 5.06. The maximum Gasteiger partial charge on any atom is 0.220 e. The summed E-state index contributed by atoms with van der Waals surface area (Å²) in [5, 5.41) is 3.14. The molecule has 3 nitrogen and oxygen atoms in total. The minimum absolute atomic E-state index is 0.234. The molecule has 118 valence electrons. The van der Waals surface area contributed by atoms with Gasteiger partial charge < -0.3 is 11.1 Å². The van der Waals surface area contributed by atoms with E-state index >= 15 is 0 Å². The Morgan fingerprint density at radius 3 is 2.35 bits per heavy atom. The molecule has 0 bridgehead atoms. The van der Waals surface area contributed by atoms with E-state index in [1.54, 1.807) is 0 Å². The van der Waals surface area contributed by atoms with Crippen LogP contribution in [0.2, 0.25) is 0 Å². The SMILES string of the molecule is CCC(CCN)CCC(=O)NCC1CCC(CC)CC1. The Balaban J connectivity index is 2.11. The van der Waals surface area contributed by atoms with Crippen LogP contribution in [0.3, 0.4) is 0 Å². The van der Waals surface area contributed by atoms with Crippen molar-refractivity contribution in [1.29, 1.82) is 0 Å². The van der Waals surface area contributed by atoms with Crippen LogP contribution in [0.25, 0.3) is 0 Å². The molecule has 20 heavy (non-hydrogen) atoms. The summed E-state index contributed by atoms with van der Waals surface area (Å²) in [6.07, 6.45) is 10.4. The molecule has 0 aromatic heterocycles. The zero-order valence-corrected chi connectivity index (χ0v) is 13.5. The van der Waals surface area contributed by atoms with E-state index in [2.05, 4.69) is 19.2 Å². The van der Waals surface area contributed by atoms with Gasteiger partial charge in [0.2, 0.25) is 5.91 Å². The lowest BCUT2D eigenvalue weighted by Gasteiger charge is -2.27. The Kier molecular flexibility index (Phi) is 8.92. The number of hydrogen-bond acceptors (Lipinski definition) is 2. The highest BCUT2D eigenvalue weighted by Gasteiger charge is 2.20. The summed E-state index contributed by atoms with van der Waals surface area (Å²) >= 11 is 0. The smallest absolute Gasteiger partial charge is 0.220 e. The lowest BCUT2D eigenvalue weighted by molar-refractivity contribution is -0.121. The molecule has 1 saturated carbocycles. The third kappa shape index (κ3) is 6.74. The van der Waals surface area contributed by atoms with E-state index in [9.17, 15) is 4.79 Å². The molecule has 0 aromatic carbocycles. The molecule has 3 N–H and O–H groups in total. The molecule has 0 saturated heterocycles. The summed E-state index contributed by atoms with van der Waals surface area (Å²) in [5.74, 6) is 2.50. The van der Waals surface area contributed by atoms with Gasteiger partial charge in [0.15, 0.2) is 0 Å². The van der Waals surface area contributed by atoms with E-state index in [0.717, 1.165) is 38.3 Å². The molecule has 1 aliphatic carbocycles. The van der Waals surface area contributed by atoms with Crippen LogP contribution in [0.1, 0.15) is 71.6 Å². The van der Waals surface area contributed by atoms with Gasteiger partial charge in [-0.3, -0.25) is 4.79 Å². The topological polar surface area (TPSA) is 55.1 Å². The number of rotatable bonds is 9. The Hall–Kier alpha value is -0.570. The summed E-state index contributed by atoms with van der Waals surface area (Å²) < 4.78 is 0. The van der Waals surface area contributed by atoms with Crippen molar-refractivity contribution >= 4 is 5.91 Å². The van der Waals surface area contributed by atoms with Crippen LogP contribution in [-0.4, -0.2) is 19.0 Å². The second-order valence-corrected chi connectivity index (χ2v) is 6.49. The maximum atomic E-state index is 11.9. The lowest BCUT2D eigenvalue weighted by Crippen LogP contribution is -2.31. The first-order valence-corrected chi connectivity index (χ1v) is 8.66. The molecular formula is C17H34N2O. The fraction of sp³-hybridized carbons (Fsp3) is 0.941. The van der Waals surface area contributed by atoms with Crippen LogP contribution in [0.5, 0.6) is 0 Å². The number of carbonyl (C=O) groups is 1. The zero-order valence-electron chi connectivity index (χ0n) is 13.5. The normalized spacial score (nSPS) is 24.4. The van der Waals surface area contributed by atoms with Crippen molar-refractivity contribution in [2.75, 3.05) is 13.1 Å². The largest absolute Gasteiger partial charge is 0.356 e. The summed E-state index contributed by atoms with van der Waals surface area (Å²) in [6, 6.07) is 0. The minimum Gasteiger partial charge on any atom is -0.356 e. The van der Waals surface area contributed by atoms with Crippen molar-refractivity contribution in [3.8, 4) is 0 Å². The number of amides is 1. The predicted molar refractivity (Wildman–Crippen MR) is 85.4 cm³/mol. The summed E-state index contributed by atoms with van der Waals surface area (Å²) in [7, 11) is 0. The van der Waals surface area contributed by atoms with Crippen molar-refractivity contribution in [2.45, 2.75) is 71.6 Å². The molecule has 1 atom stereocenters. The summed E-state index contributed by atoms with van der Waals surface area (Å²) in [4.78, 5) is 11.9. The Morgan fingerprint density at radius 2 is 1.80 bits per heavy atom. The molecule has 0 spiro atoms. The summed E-state index contributed by atoms with van der Waals surface area (Å²) in [6.45, 7) is 6.10. The molecule has 1 amide bonds. The summed E-state index contributed by atoms with van der Waals surface area (Å²) in [5.41, 5.74) is 5.59. The second kappa shape index (κ2) is 10.2. The van der Waals surface area contributed by atoms with Gasteiger partial charge in [-0.2, -0.15) is 0 Å². The highest BCUT2D eigenvalue weighted by Crippen LogP contribution is 2.30. The van der Waals surface area contributed by atoms with Crippen LogP contribution in [0, 0.1) is 17.8 Å². The van der Waals surface area contributed by atoms with E-state index in [0.29, 0.717) is 18.3 Å². The van der Waals surface area contributed by atoms with Crippen molar-refractivity contribution in [1.82, 2.24) is 5.32 Å². The number of hydrogen-bond donors (Lipinski definition) is 2. The molecule has 1 aliphatic rings. The first-order chi connectivity index (χ1) is 9.69. The number of carbonyl (C=O) groups excluding carboxylic acids is 1. The van der Waals surface area contributed by atoms with Crippen LogP contribution in [-0.2, 0) is 4.79 Å². The van der Waals surface area contributed by atoms with Gasteiger partial charge in [0.25, 0.3) is 0 Å². The van der Waals surface area contributed by atoms with Gasteiger partial charge in [-0.15, -0.1) is 0 Å². The molecule has 0 aliphatic heterocycles. The van der Waals surface area contributed by atoms with E-state index in [1.807, 2.05) is 0 Å². The molecule has 1 fully saturated rings. The minimum atomic E-state index is 0.234. The molecular weight excluding hydrogens is 248 g/mol. The van der Waals surface area contributed by atoms with Gasteiger partial charge in [-0.1, -0.05) is 39.5 Å². The van der Waals surface area contributed by atoms with Crippen LogP contribution in [0.15, 0.2) is 0 Å². The molecule has 0 aromatic rings. The molecule has 1 unspecified atom stereocenters. The molecule has 0 radical (unpaired) electrons. The van der Waals surface area contributed by atoms with E-state index in [-0.39, 0.29) is 5.91 Å². The fourth-order valence-corrected chi connectivity index (χ4v) is 3.31. The van der Waals surface area contributed by atoms with Crippen molar-refractivity contribution in [3.05, 3.63) is 0 Å². The second-order valence-electron chi connectivity index (χ2n) is 6.49. The van der Waals surface area contributed by atoms with Gasteiger partial charge in [0.05, 0.1) is 0 Å². The van der Waals surface area contributed by atoms with E-state index < -0.39 is 0 Å². The van der Waals surface area contributed by atoms with Crippen LogP contribution >= 0.6 is 0 Å². The van der Waals surface area contributed by atoms with Gasteiger partial charge in [-0.25, -0.2) is 0 Å². The molecule has 1 rings (SSSR count). The Bertz CT molecular complexity index is 260. The molecule has 3 heteroatoms. The molecule has 0 heterocycles. The van der Waals surface area contributed by atoms with Gasteiger partial charge in [0.1, 0.15) is 0 Å². The lowest BCUT2D eigenvalue weighted by atomic mass is 9.81.